The lowest BCUT2D eigenvalue weighted by atomic mass is 9.90. The van der Waals surface area contributed by atoms with Gasteiger partial charge in [0.1, 0.15) is 0 Å². The molecule has 1 heterocycles. The average Bonchev–Trinajstić information content (AvgIpc) is 2.20. The molecular weight excluding hydrogens is 202 g/mol. The van der Waals surface area contributed by atoms with E-state index in [-0.39, 0.29) is 17.7 Å². The number of aryl methyl sites for hydroxylation is 1. The van der Waals surface area contributed by atoms with Crippen LogP contribution in [0.3, 0.4) is 0 Å². The number of carbonyl (C=O) groups is 2. The lowest BCUT2D eigenvalue weighted by molar-refractivity contribution is -0.134. The lowest BCUT2D eigenvalue weighted by Gasteiger charge is -2.20. The molecule has 0 aliphatic carbocycles. The molecule has 1 aliphatic rings. The number of hydrogen-bond donors (Lipinski definition) is 1. The normalized spacial score (nSPS) is 17.3. The van der Waals surface area contributed by atoms with Crippen LogP contribution in [0.2, 0.25) is 0 Å². The molecule has 84 valence electrons. The molecule has 0 aromatic heterocycles. The molecule has 2 amide bonds. The van der Waals surface area contributed by atoms with Crippen LogP contribution in [-0.4, -0.2) is 11.8 Å². The highest BCUT2D eigenvalue weighted by atomic mass is 16.2. The van der Waals surface area contributed by atoms with Gasteiger partial charge in [0, 0.05) is 12.8 Å². The minimum absolute atomic E-state index is 0.145. The van der Waals surface area contributed by atoms with E-state index in [4.69, 9.17) is 0 Å². The van der Waals surface area contributed by atoms with Crippen molar-refractivity contribution in [3.63, 3.8) is 0 Å². The summed E-state index contributed by atoms with van der Waals surface area (Å²) in [5.74, 6) is -0.134. The Morgan fingerprint density at radius 3 is 2.25 bits per heavy atom. The summed E-state index contributed by atoms with van der Waals surface area (Å²) >= 11 is 0. The van der Waals surface area contributed by atoms with Gasteiger partial charge < -0.3 is 0 Å². The topological polar surface area (TPSA) is 46.2 Å². The zero-order valence-corrected chi connectivity index (χ0v) is 9.32. The smallest absolute Gasteiger partial charge is 0.226 e. The van der Waals surface area contributed by atoms with Gasteiger partial charge in [0.05, 0.1) is 0 Å². The second kappa shape index (κ2) is 4.47. The van der Waals surface area contributed by atoms with E-state index in [9.17, 15) is 9.59 Å². The van der Waals surface area contributed by atoms with Gasteiger partial charge in [0.25, 0.3) is 0 Å². The monoisotopic (exact) mass is 217 g/mol. The first kappa shape index (κ1) is 10.9. The van der Waals surface area contributed by atoms with Gasteiger partial charge in [-0.25, -0.2) is 0 Å². The minimum atomic E-state index is -0.145. The predicted molar refractivity (Wildman–Crippen MR) is 60.8 cm³/mol. The quantitative estimate of drug-likeness (QED) is 0.765. The van der Waals surface area contributed by atoms with Gasteiger partial charge in [-0.3, -0.25) is 14.9 Å². The SMILES string of the molecule is Cc1ccc(CC2CC(=O)NC(=O)C2)cc1. The summed E-state index contributed by atoms with van der Waals surface area (Å²) in [4.78, 5) is 22.4. The van der Waals surface area contributed by atoms with Gasteiger partial charge in [0.2, 0.25) is 11.8 Å². The number of nitrogens with one attached hydrogen (secondary N) is 1. The summed E-state index contributed by atoms with van der Waals surface area (Å²) in [6.07, 6.45) is 1.72. The molecule has 3 nitrogen and oxygen atoms in total. The Bertz CT molecular complexity index is 392. The molecular formula is C13H15NO2. The minimum Gasteiger partial charge on any atom is -0.296 e. The van der Waals surface area contributed by atoms with E-state index in [0.29, 0.717) is 12.8 Å². The maximum Gasteiger partial charge on any atom is 0.226 e. The number of benzene rings is 1. The molecule has 1 N–H and O–H groups in total. The van der Waals surface area contributed by atoms with Crippen molar-refractivity contribution in [3.8, 4) is 0 Å². The van der Waals surface area contributed by atoms with E-state index in [1.165, 1.54) is 11.1 Å². The molecule has 16 heavy (non-hydrogen) atoms. The van der Waals surface area contributed by atoms with Gasteiger partial charge in [-0.15, -0.1) is 0 Å². The summed E-state index contributed by atoms with van der Waals surface area (Å²) in [5, 5.41) is 2.33. The van der Waals surface area contributed by atoms with Crippen LogP contribution >= 0.6 is 0 Å². The highest BCUT2D eigenvalue weighted by Crippen LogP contribution is 2.19. The fourth-order valence-corrected chi connectivity index (χ4v) is 2.06. The van der Waals surface area contributed by atoms with Crippen molar-refractivity contribution in [2.45, 2.75) is 26.2 Å². The molecule has 1 aromatic carbocycles. The Hall–Kier alpha value is -1.64. The van der Waals surface area contributed by atoms with E-state index in [2.05, 4.69) is 29.6 Å². The molecule has 0 saturated carbocycles. The van der Waals surface area contributed by atoms with Gasteiger partial charge in [-0.1, -0.05) is 29.8 Å². The molecule has 1 aliphatic heterocycles. The Kier molecular flexibility index (Phi) is 3.04. The molecule has 0 bridgehead atoms. The summed E-state index contributed by atoms with van der Waals surface area (Å²) in [5.41, 5.74) is 2.42. The number of rotatable bonds is 2. The molecule has 0 atom stereocenters. The first-order valence-corrected chi connectivity index (χ1v) is 5.52. The number of piperidine rings is 1. The molecule has 1 aromatic rings. The number of carbonyl (C=O) groups excluding carboxylic acids is 2. The van der Waals surface area contributed by atoms with Crippen LogP contribution in [0, 0.1) is 12.8 Å². The van der Waals surface area contributed by atoms with Crippen LogP contribution in [0.15, 0.2) is 24.3 Å². The van der Waals surface area contributed by atoms with Crippen LogP contribution in [-0.2, 0) is 16.0 Å². The van der Waals surface area contributed by atoms with Crippen LogP contribution < -0.4 is 5.32 Å². The standard InChI is InChI=1S/C13H15NO2/c1-9-2-4-10(5-3-9)6-11-7-12(15)14-13(16)8-11/h2-5,11H,6-8H2,1H3,(H,14,15,16). The molecule has 0 spiro atoms. The summed E-state index contributed by atoms with van der Waals surface area (Å²) in [6.45, 7) is 2.04. The highest BCUT2D eigenvalue weighted by Gasteiger charge is 2.24. The molecule has 2 rings (SSSR count). The van der Waals surface area contributed by atoms with Gasteiger partial charge in [-0.2, -0.15) is 0 Å². The van der Waals surface area contributed by atoms with E-state index >= 15 is 0 Å². The fourth-order valence-electron chi connectivity index (χ4n) is 2.06. The predicted octanol–water partition coefficient (Wildman–Crippen LogP) is 1.59. The Balaban J connectivity index is 2.01. The van der Waals surface area contributed by atoms with Crippen molar-refractivity contribution < 1.29 is 9.59 Å². The number of amides is 2. The van der Waals surface area contributed by atoms with Crippen molar-refractivity contribution in [2.24, 2.45) is 5.92 Å². The van der Waals surface area contributed by atoms with Crippen molar-refractivity contribution in [2.75, 3.05) is 0 Å². The zero-order chi connectivity index (χ0) is 11.5. The third kappa shape index (κ3) is 2.69. The summed E-state index contributed by atoms with van der Waals surface area (Å²) < 4.78 is 0. The first-order chi connectivity index (χ1) is 7.63. The third-order valence-corrected chi connectivity index (χ3v) is 2.87. The van der Waals surface area contributed by atoms with Crippen LogP contribution in [0.1, 0.15) is 24.0 Å². The second-order valence-corrected chi connectivity index (χ2v) is 4.44. The van der Waals surface area contributed by atoms with Crippen molar-refractivity contribution in [1.29, 1.82) is 0 Å². The lowest BCUT2D eigenvalue weighted by Crippen LogP contribution is -2.39. The van der Waals surface area contributed by atoms with Crippen molar-refractivity contribution in [1.82, 2.24) is 5.32 Å². The molecule has 1 fully saturated rings. The van der Waals surface area contributed by atoms with Crippen LogP contribution in [0.5, 0.6) is 0 Å². The average molecular weight is 217 g/mol. The summed E-state index contributed by atoms with van der Waals surface area (Å²) in [6, 6.07) is 8.23. The van der Waals surface area contributed by atoms with E-state index in [0.717, 1.165) is 6.42 Å². The van der Waals surface area contributed by atoms with E-state index in [1.807, 2.05) is 6.92 Å². The molecule has 1 saturated heterocycles. The van der Waals surface area contributed by atoms with Crippen molar-refractivity contribution >= 4 is 11.8 Å². The summed E-state index contributed by atoms with van der Waals surface area (Å²) in [7, 11) is 0. The zero-order valence-electron chi connectivity index (χ0n) is 9.32. The van der Waals surface area contributed by atoms with Crippen molar-refractivity contribution in [3.05, 3.63) is 35.4 Å². The van der Waals surface area contributed by atoms with E-state index in [1.54, 1.807) is 0 Å². The Morgan fingerprint density at radius 1 is 1.12 bits per heavy atom. The highest BCUT2D eigenvalue weighted by molar-refractivity contribution is 5.97. The second-order valence-electron chi connectivity index (χ2n) is 4.44. The largest absolute Gasteiger partial charge is 0.296 e. The van der Waals surface area contributed by atoms with E-state index < -0.39 is 0 Å². The van der Waals surface area contributed by atoms with Crippen LogP contribution in [0.25, 0.3) is 0 Å². The number of imide groups is 1. The molecule has 3 heteroatoms. The third-order valence-electron chi connectivity index (χ3n) is 2.87. The molecule has 0 radical (unpaired) electrons. The maximum atomic E-state index is 11.2. The van der Waals surface area contributed by atoms with Gasteiger partial charge >= 0.3 is 0 Å². The maximum absolute atomic E-state index is 11.2. The Labute approximate surface area is 94.9 Å². The number of hydrogen-bond acceptors (Lipinski definition) is 2. The fraction of sp³-hybridized carbons (Fsp3) is 0.385. The van der Waals surface area contributed by atoms with Gasteiger partial charge in [-0.05, 0) is 24.8 Å². The first-order valence-electron chi connectivity index (χ1n) is 5.52. The molecule has 0 unspecified atom stereocenters. The Morgan fingerprint density at radius 2 is 1.69 bits per heavy atom. The van der Waals surface area contributed by atoms with Gasteiger partial charge in [0.15, 0.2) is 0 Å². The van der Waals surface area contributed by atoms with Crippen LogP contribution in [0.4, 0.5) is 0 Å².